The highest BCUT2D eigenvalue weighted by Gasteiger charge is 2.30. The highest BCUT2D eigenvalue weighted by molar-refractivity contribution is 8.00. The molecule has 0 amide bonds. The van der Waals surface area contributed by atoms with E-state index in [2.05, 4.69) is 9.97 Å². The fourth-order valence-electron chi connectivity index (χ4n) is 3.53. The Kier molecular flexibility index (Phi) is 4.96. The lowest BCUT2D eigenvalue weighted by molar-refractivity contribution is -0.144. The monoisotopic (exact) mass is 412 g/mol. The molecule has 0 radical (unpaired) electrons. The lowest BCUT2D eigenvalue weighted by Gasteiger charge is -2.12. The molecule has 1 fully saturated rings. The van der Waals surface area contributed by atoms with E-state index in [9.17, 15) is 13.2 Å². The van der Waals surface area contributed by atoms with Crippen molar-refractivity contribution in [1.29, 1.82) is 0 Å². The molecule has 2 aromatic rings. The molecule has 0 unspecified atom stereocenters. The molecule has 3 heterocycles. The molecule has 1 aliphatic carbocycles. The summed E-state index contributed by atoms with van der Waals surface area (Å²) in [4.78, 5) is 23.7. The molecule has 2 aromatic heterocycles. The maximum absolute atomic E-state index is 12.2. The Bertz CT molecular complexity index is 968. The van der Waals surface area contributed by atoms with Gasteiger partial charge in [-0.2, -0.15) is 0 Å². The topological polar surface area (TPSA) is 86.2 Å². The molecule has 9 heteroatoms. The van der Waals surface area contributed by atoms with Crippen molar-refractivity contribution < 1.29 is 17.9 Å². The smallest absolute Gasteiger partial charge is 0.316 e. The largest absolute Gasteiger partial charge is 0.461 e. The van der Waals surface area contributed by atoms with Crippen LogP contribution in [0.15, 0.2) is 5.03 Å². The molecule has 1 atom stereocenters. The average Bonchev–Trinajstić information content (AvgIpc) is 3.11. The summed E-state index contributed by atoms with van der Waals surface area (Å²) < 4.78 is 28.3. The number of thiophene rings is 1. The van der Waals surface area contributed by atoms with Crippen LogP contribution in [0.25, 0.3) is 10.2 Å². The summed E-state index contributed by atoms with van der Waals surface area (Å²) in [5.41, 5.74) is 1.34. The molecule has 4 rings (SSSR count). The Hall–Kier alpha value is -1.19. The minimum atomic E-state index is -3.05. The van der Waals surface area contributed by atoms with Crippen LogP contribution in [0, 0.1) is 6.92 Å². The van der Waals surface area contributed by atoms with Crippen LogP contribution in [0.5, 0.6) is 0 Å². The van der Waals surface area contributed by atoms with Gasteiger partial charge in [-0.05, 0) is 44.6 Å². The Morgan fingerprint density at radius 1 is 1.31 bits per heavy atom. The fourth-order valence-corrected chi connectivity index (χ4v) is 7.38. The predicted molar refractivity (Wildman–Crippen MR) is 103 cm³/mol. The normalized spacial score (nSPS) is 21.7. The number of carbonyl (C=O) groups is 1. The summed E-state index contributed by atoms with van der Waals surface area (Å²) in [7, 11) is -3.05. The maximum Gasteiger partial charge on any atom is 0.316 e. The van der Waals surface area contributed by atoms with Gasteiger partial charge < -0.3 is 4.74 Å². The van der Waals surface area contributed by atoms with E-state index in [0.29, 0.717) is 12.2 Å². The van der Waals surface area contributed by atoms with Gasteiger partial charge in [0.15, 0.2) is 9.84 Å². The van der Waals surface area contributed by atoms with Crippen LogP contribution in [0.4, 0.5) is 0 Å². The number of aryl methyl sites for hydroxylation is 3. The Morgan fingerprint density at radius 2 is 2.12 bits per heavy atom. The second-order valence-corrected chi connectivity index (χ2v) is 11.0. The van der Waals surface area contributed by atoms with E-state index in [1.165, 1.54) is 35.0 Å². The number of carbonyl (C=O) groups excluding carboxylic acids is 1. The third-order valence-electron chi connectivity index (χ3n) is 4.71. The fraction of sp³-hybridized carbons (Fsp3) is 0.588. The van der Waals surface area contributed by atoms with E-state index in [-0.39, 0.29) is 23.2 Å². The maximum atomic E-state index is 12.2. The number of thioether (sulfide) groups is 1. The van der Waals surface area contributed by atoms with Crippen molar-refractivity contribution in [2.24, 2.45) is 0 Å². The van der Waals surface area contributed by atoms with Crippen molar-refractivity contribution in [1.82, 2.24) is 9.97 Å². The Balaban J connectivity index is 1.50. The zero-order valence-corrected chi connectivity index (χ0v) is 16.9. The van der Waals surface area contributed by atoms with Gasteiger partial charge in [-0.25, -0.2) is 18.4 Å². The van der Waals surface area contributed by atoms with Gasteiger partial charge in [-0.3, -0.25) is 4.79 Å². The highest BCUT2D eigenvalue weighted by atomic mass is 32.2. The van der Waals surface area contributed by atoms with Crippen molar-refractivity contribution in [2.75, 3.05) is 17.3 Å². The summed E-state index contributed by atoms with van der Waals surface area (Å²) in [5, 5.41) is 1.93. The molecule has 6 nitrogen and oxygen atoms in total. The minimum Gasteiger partial charge on any atom is -0.461 e. The number of nitrogens with zero attached hydrogens (tertiary/aromatic N) is 2. The number of aromatic nitrogens is 2. The van der Waals surface area contributed by atoms with E-state index in [4.69, 9.17) is 4.74 Å². The molecular formula is C17H20N2O4S3. The summed E-state index contributed by atoms with van der Waals surface area (Å²) >= 11 is 3.11. The third kappa shape index (κ3) is 3.75. The van der Waals surface area contributed by atoms with Gasteiger partial charge in [-0.15, -0.1) is 11.3 Å². The van der Waals surface area contributed by atoms with Crippen LogP contribution in [-0.4, -0.2) is 47.7 Å². The van der Waals surface area contributed by atoms with Gasteiger partial charge in [0.25, 0.3) is 0 Å². The first-order valence-corrected chi connectivity index (χ1v) is 12.4. The van der Waals surface area contributed by atoms with Crippen LogP contribution in [0.3, 0.4) is 0 Å². The van der Waals surface area contributed by atoms with E-state index < -0.39 is 15.9 Å². The Labute approximate surface area is 160 Å². The number of rotatable bonds is 4. The second kappa shape index (κ2) is 7.09. The van der Waals surface area contributed by atoms with Crippen LogP contribution in [-0.2, 0) is 32.2 Å². The van der Waals surface area contributed by atoms with Gasteiger partial charge in [0, 0.05) is 10.3 Å². The number of fused-ring (bicyclic) bond motifs is 3. The molecule has 1 aliphatic heterocycles. The molecule has 0 bridgehead atoms. The quantitative estimate of drug-likeness (QED) is 0.433. The van der Waals surface area contributed by atoms with Crippen LogP contribution in [0.2, 0.25) is 0 Å². The molecule has 0 aromatic carbocycles. The van der Waals surface area contributed by atoms with Gasteiger partial charge in [0.05, 0.1) is 17.3 Å². The molecule has 26 heavy (non-hydrogen) atoms. The number of esters is 1. The molecule has 2 aliphatic rings. The lowest BCUT2D eigenvalue weighted by Crippen LogP contribution is -2.20. The SMILES string of the molecule is Cc1nc(SCC(=O)O[C@H]2CCS(=O)(=O)C2)c2c3c(sc2n1)CCCC3. The Morgan fingerprint density at radius 3 is 2.88 bits per heavy atom. The van der Waals surface area contributed by atoms with Crippen molar-refractivity contribution in [3.05, 3.63) is 16.3 Å². The zero-order chi connectivity index (χ0) is 18.3. The first kappa shape index (κ1) is 18.2. The number of sulfone groups is 1. The molecular weight excluding hydrogens is 392 g/mol. The molecule has 0 N–H and O–H groups in total. The predicted octanol–water partition coefficient (Wildman–Crippen LogP) is 2.70. The van der Waals surface area contributed by atoms with Crippen molar-refractivity contribution in [3.63, 3.8) is 0 Å². The third-order valence-corrected chi connectivity index (χ3v) is 8.58. The molecule has 0 spiro atoms. The standard InChI is InChI=1S/C17H20N2O4S3/c1-10-18-16(15-12-4-2-3-5-13(12)25-17(15)19-10)24-8-14(20)23-11-6-7-26(21,22)9-11/h11H,2-9H2,1H3/t11-/m0/s1. The minimum absolute atomic E-state index is 0.0572. The van der Waals surface area contributed by atoms with E-state index in [1.54, 1.807) is 11.3 Å². The number of ether oxygens (including phenoxy) is 1. The molecule has 0 saturated carbocycles. The number of hydrogen-bond donors (Lipinski definition) is 0. The highest BCUT2D eigenvalue weighted by Crippen LogP contribution is 2.39. The van der Waals surface area contributed by atoms with Crippen molar-refractivity contribution in [3.8, 4) is 0 Å². The van der Waals surface area contributed by atoms with Gasteiger partial charge >= 0.3 is 5.97 Å². The molecule has 1 saturated heterocycles. The van der Waals surface area contributed by atoms with E-state index in [1.807, 2.05) is 6.92 Å². The van der Waals surface area contributed by atoms with Gasteiger partial charge in [0.2, 0.25) is 0 Å². The second-order valence-electron chi connectivity index (χ2n) is 6.77. The van der Waals surface area contributed by atoms with Crippen LogP contribution in [0.1, 0.15) is 35.5 Å². The molecule has 140 valence electrons. The first-order valence-electron chi connectivity index (χ1n) is 8.73. The summed E-state index contributed by atoms with van der Waals surface area (Å²) in [6.07, 6.45) is 4.42. The van der Waals surface area contributed by atoms with Crippen LogP contribution < -0.4 is 0 Å². The van der Waals surface area contributed by atoms with Crippen molar-refractivity contribution >= 4 is 49.1 Å². The van der Waals surface area contributed by atoms with Gasteiger partial charge in [0.1, 0.15) is 21.8 Å². The first-order chi connectivity index (χ1) is 12.4. The average molecular weight is 413 g/mol. The van der Waals surface area contributed by atoms with Crippen LogP contribution >= 0.6 is 23.1 Å². The van der Waals surface area contributed by atoms with Gasteiger partial charge in [-0.1, -0.05) is 11.8 Å². The summed E-state index contributed by atoms with van der Waals surface area (Å²) in [5.74, 6) is 0.495. The summed E-state index contributed by atoms with van der Waals surface area (Å²) in [6, 6.07) is 0. The lowest BCUT2D eigenvalue weighted by atomic mass is 9.97. The van der Waals surface area contributed by atoms with Crippen molar-refractivity contribution in [2.45, 2.75) is 50.2 Å². The summed E-state index contributed by atoms with van der Waals surface area (Å²) in [6.45, 7) is 1.86. The van der Waals surface area contributed by atoms with E-state index >= 15 is 0 Å². The van der Waals surface area contributed by atoms with E-state index in [0.717, 1.165) is 28.1 Å². The number of hydrogen-bond acceptors (Lipinski definition) is 8. The zero-order valence-electron chi connectivity index (χ0n) is 14.5.